The average molecular weight is 224 g/mol. The van der Waals surface area contributed by atoms with Gasteiger partial charge < -0.3 is 9.80 Å². The minimum atomic E-state index is 0.171. The molecule has 0 radical (unpaired) electrons. The lowest BCUT2D eigenvalue weighted by molar-refractivity contribution is -0.125. The van der Waals surface area contributed by atoms with Gasteiger partial charge in [0, 0.05) is 25.7 Å². The zero-order valence-corrected chi connectivity index (χ0v) is 10.9. The van der Waals surface area contributed by atoms with Crippen LogP contribution >= 0.6 is 0 Å². The zero-order valence-electron chi connectivity index (χ0n) is 10.9. The second-order valence-corrected chi connectivity index (χ2v) is 5.24. The van der Waals surface area contributed by atoms with Crippen molar-refractivity contribution >= 4 is 5.91 Å². The van der Waals surface area contributed by atoms with Crippen LogP contribution in [0.25, 0.3) is 0 Å². The largest absolute Gasteiger partial charge is 0.339 e. The summed E-state index contributed by atoms with van der Waals surface area (Å²) in [5.74, 6) is 1.54. The van der Waals surface area contributed by atoms with E-state index in [2.05, 4.69) is 13.8 Å². The first-order valence-electron chi connectivity index (χ1n) is 6.11. The summed E-state index contributed by atoms with van der Waals surface area (Å²) in [5.41, 5.74) is 0. The highest BCUT2D eigenvalue weighted by Crippen LogP contribution is 2.23. The van der Waals surface area contributed by atoms with E-state index in [0.717, 1.165) is 26.1 Å². The lowest BCUT2D eigenvalue weighted by Gasteiger charge is -2.16. The fourth-order valence-corrected chi connectivity index (χ4v) is 2.00. The van der Waals surface area contributed by atoms with Crippen LogP contribution in [-0.4, -0.2) is 49.4 Å². The Bertz CT molecular complexity index is 259. The Morgan fingerprint density at radius 2 is 2.19 bits per heavy atom. The molecule has 92 valence electrons. The molecule has 0 aromatic heterocycles. The zero-order chi connectivity index (χ0) is 12.1. The van der Waals surface area contributed by atoms with Crippen LogP contribution in [0.15, 0.2) is 12.2 Å². The Kier molecular flexibility index (Phi) is 5.00. The average Bonchev–Trinajstić information content (AvgIpc) is 2.65. The van der Waals surface area contributed by atoms with Crippen molar-refractivity contribution < 1.29 is 4.79 Å². The van der Waals surface area contributed by atoms with Crippen LogP contribution in [0, 0.1) is 11.8 Å². The molecule has 3 heteroatoms. The van der Waals surface area contributed by atoms with Crippen LogP contribution in [0.1, 0.15) is 20.3 Å². The molecular weight excluding hydrogens is 200 g/mol. The van der Waals surface area contributed by atoms with E-state index in [1.54, 1.807) is 6.08 Å². The van der Waals surface area contributed by atoms with Crippen LogP contribution < -0.4 is 0 Å². The monoisotopic (exact) mass is 224 g/mol. The number of hydrogen-bond donors (Lipinski definition) is 0. The van der Waals surface area contributed by atoms with Crippen LogP contribution in [0.4, 0.5) is 0 Å². The second-order valence-electron chi connectivity index (χ2n) is 5.24. The standard InChI is InChI=1S/C13H24N2O/c1-11(2)12-7-9-15(10-12)13(16)6-5-8-14(3)4/h5-6,11-12H,7-10H2,1-4H3/b6-5+/t12-/m0/s1. The predicted octanol–water partition coefficient (Wildman–Crippen LogP) is 1.61. The summed E-state index contributed by atoms with van der Waals surface area (Å²) in [6.45, 7) is 7.16. The molecule has 0 aromatic rings. The maximum atomic E-state index is 11.8. The number of rotatable bonds is 4. The van der Waals surface area contributed by atoms with Gasteiger partial charge in [0.05, 0.1) is 0 Å². The lowest BCUT2D eigenvalue weighted by atomic mass is 9.95. The molecular formula is C13H24N2O. The van der Waals surface area contributed by atoms with Gasteiger partial charge in [-0.15, -0.1) is 0 Å². The molecule has 1 amide bonds. The Morgan fingerprint density at radius 1 is 1.50 bits per heavy atom. The molecule has 1 saturated heterocycles. The van der Waals surface area contributed by atoms with Crippen LogP contribution in [0.3, 0.4) is 0 Å². The van der Waals surface area contributed by atoms with E-state index in [1.165, 1.54) is 0 Å². The van der Waals surface area contributed by atoms with E-state index in [4.69, 9.17) is 0 Å². The molecule has 1 rings (SSSR count). The smallest absolute Gasteiger partial charge is 0.246 e. The number of likely N-dealkylation sites (tertiary alicyclic amines) is 1. The van der Waals surface area contributed by atoms with Crippen molar-refractivity contribution in [3.8, 4) is 0 Å². The fourth-order valence-electron chi connectivity index (χ4n) is 2.00. The molecule has 0 spiro atoms. The third kappa shape index (κ3) is 3.97. The summed E-state index contributed by atoms with van der Waals surface area (Å²) < 4.78 is 0. The van der Waals surface area contributed by atoms with E-state index in [-0.39, 0.29) is 5.91 Å². The predicted molar refractivity (Wildman–Crippen MR) is 67.2 cm³/mol. The van der Waals surface area contributed by atoms with E-state index in [1.807, 2.05) is 30.0 Å². The molecule has 1 aliphatic heterocycles. The third-order valence-electron chi connectivity index (χ3n) is 3.21. The summed E-state index contributed by atoms with van der Waals surface area (Å²) in [4.78, 5) is 15.8. The van der Waals surface area contributed by atoms with Crippen molar-refractivity contribution in [3.05, 3.63) is 12.2 Å². The van der Waals surface area contributed by atoms with Crippen molar-refractivity contribution in [3.63, 3.8) is 0 Å². The maximum absolute atomic E-state index is 11.8. The highest BCUT2D eigenvalue weighted by atomic mass is 16.2. The molecule has 1 heterocycles. The number of carbonyl (C=O) groups is 1. The van der Waals surface area contributed by atoms with Gasteiger partial charge in [0.2, 0.25) is 5.91 Å². The van der Waals surface area contributed by atoms with E-state index >= 15 is 0 Å². The van der Waals surface area contributed by atoms with Gasteiger partial charge in [-0.3, -0.25) is 4.79 Å². The molecule has 0 unspecified atom stereocenters. The van der Waals surface area contributed by atoms with E-state index in [0.29, 0.717) is 11.8 Å². The van der Waals surface area contributed by atoms with Gasteiger partial charge >= 0.3 is 0 Å². The van der Waals surface area contributed by atoms with Crippen molar-refractivity contribution in [2.24, 2.45) is 11.8 Å². The summed E-state index contributed by atoms with van der Waals surface area (Å²) >= 11 is 0. The van der Waals surface area contributed by atoms with E-state index < -0.39 is 0 Å². The van der Waals surface area contributed by atoms with Gasteiger partial charge in [-0.05, 0) is 32.4 Å². The molecule has 1 aliphatic rings. The van der Waals surface area contributed by atoms with Gasteiger partial charge in [-0.1, -0.05) is 19.9 Å². The Hall–Kier alpha value is -0.830. The third-order valence-corrected chi connectivity index (χ3v) is 3.21. The Labute approximate surface area is 99.1 Å². The Morgan fingerprint density at radius 3 is 2.69 bits per heavy atom. The quantitative estimate of drug-likeness (QED) is 0.677. The van der Waals surface area contributed by atoms with Gasteiger partial charge in [-0.2, -0.15) is 0 Å². The van der Waals surface area contributed by atoms with Gasteiger partial charge in [0.1, 0.15) is 0 Å². The molecule has 0 aliphatic carbocycles. The normalized spacial score (nSPS) is 21.6. The van der Waals surface area contributed by atoms with Crippen LogP contribution in [0.2, 0.25) is 0 Å². The molecule has 1 fully saturated rings. The summed E-state index contributed by atoms with van der Waals surface area (Å²) in [7, 11) is 4.00. The number of carbonyl (C=O) groups excluding carboxylic acids is 1. The molecule has 0 saturated carbocycles. The molecule has 0 N–H and O–H groups in total. The summed E-state index contributed by atoms with van der Waals surface area (Å²) in [6, 6.07) is 0. The SMILES string of the molecule is CC(C)[C@H]1CCN(C(=O)/C=C/CN(C)C)C1. The highest BCUT2D eigenvalue weighted by Gasteiger charge is 2.26. The van der Waals surface area contributed by atoms with Crippen molar-refractivity contribution in [2.75, 3.05) is 33.7 Å². The van der Waals surface area contributed by atoms with Gasteiger partial charge in [0.15, 0.2) is 0 Å². The van der Waals surface area contributed by atoms with E-state index in [9.17, 15) is 4.79 Å². The Balaban J connectivity index is 2.36. The van der Waals surface area contributed by atoms with Crippen molar-refractivity contribution in [1.82, 2.24) is 9.80 Å². The molecule has 0 aromatic carbocycles. The first-order valence-corrected chi connectivity index (χ1v) is 6.11. The highest BCUT2D eigenvalue weighted by molar-refractivity contribution is 5.87. The molecule has 1 atom stereocenters. The number of amides is 1. The molecule has 0 bridgehead atoms. The second kappa shape index (κ2) is 6.04. The van der Waals surface area contributed by atoms with Gasteiger partial charge in [-0.25, -0.2) is 0 Å². The van der Waals surface area contributed by atoms with Crippen molar-refractivity contribution in [1.29, 1.82) is 0 Å². The van der Waals surface area contributed by atoms with Crippen molar-refractivity contribution in [2.45, 2.75) is 20.3 Å². The van der Waals surface area contributed by atoms with Gasteiger partial charge in [0.25, 0.3) is 0 Å². The molecule has 16 heavy (non-hydrogen) atoms. The minimum absolute atomic E-state index is 0.171. The maximum Gasteiger partial charge on any atom is 0.246 e. The molecule has 3 nitrogen and oxygen atoms in total. The van der Waals surface area contributed by atoms with Crippen LogP contribution in [-0.2, 0) is 4.79 Å². The minimum Gasteiger partial charge on any atom is -0.339 e. The summed E-state index contributed by atoms with van der Waals surface area (Å²) in [6.07, 6.45) is 4.80. The van der Waals surface area contributed by atoms with Crippen LogP contribution in [0.5, 0.6) is 0 Å². The first-order chi connectivity index (χ1) is 7.50. The lowest BCUT2D eigenvalue weighted by Crippen LogP contribution is -2.27. The topological polar surface area (TPSA) is 23.6 Å². The number of hydrogen-bond acceptors (Lipinski definition) is 2. The first kappa shape index (κ1) is 13.2. The number of nitrogens with zero attached hydrogens (tertiary/aromatic N) is 2. The number of likely N-dealkylation sites (N-methyl/N-ethyl adjacent to an activating group) is 1. The summed E-state index contributed by atoms with van der Waals surface area (Å²) in [5, 5.41) is 0. The fraction of sp³-hybridized carbons (Fsp3) is 0.769.